The van der Waals surface area contributed by atoms with E-state index in [1.807, 2.05) is 12.1 Å². The molecular formula is C15H19N3O. The fourth-order valence-corrected chi connectivity index (χ4v) is 2.60. The summed E-state index contributed by atoms with van der Waals surface area (Å²) in [6, 6.07) is 8.75. The third kappa shape index (κ3) is 2.62. The quantitative estimate of drug-likeness (QED) is 0.909. The Bertz CT molecular complexity index is 530. The zero-order chi connectivity index (χ0) is 13.2. The molecule has 100 valence electrons. The Morgan fingerprint density at radius 1 is 1.32 bits per heavy atom. The molecule has 0 saturated heterocycles. The zero-order valence-corrected chi connectivity index (χ0v) is 11.3. The summed E-state index contributed by atoms with van der Waals surface area (Å²) < 4.78 is 5.22. The second-order valence-corrected chi connectivity index (χ2v) is 5.64. The van der Waals surface area contributed by atoms with Crippen molar-refractivity contribution in [2.45, 2.75) is 32.7 Å². The molecule has 1 N–H and O–H groups in total. The van der Waals surface area contributed by atoms with Crippen LogP contribution in [0.5, 0.6) is 0 Å². The van der Waals surface area contributed by atoms with Gasteiger partial charge in [0.2, 0.25) is 12.3 Å². The van der Waals surface area contributed by atoms with Gasteiger partial charge in [0.15, 0.2) is 0 Å². The maximum atomic E-state index is 5.22. The largest absolute Gasteiger partial charge is 0.423 e. The normalized spacial score (nSPS) is 22.3. The molecule has 0 aliphatic heterocycles. The maximum Gasteiger partial charge on any atom is 0.247 e. The first kappa shape index (κ1) is 12.2. The summed E-state index contributed by atoms with van der Waals surface area (Å²) in [6.45, 7) is 4.61. The highest BCUT2D eigenvalue weighted by molar-refractivity contribution is 5.61. The highest BCUT2D eigenvalue weighted by Gasteiger charge is 2.30. The molecule has 0 bridgehead atoms. The molecule has 1 aliphatic rings. The molecule has 3 rings (SSSR count). The minimum Gasteiger partial charge on any atom is -0.423 e. The van der Waals surface area contributed by atoms with Crippen molar-refractivity contribution in [1.82, 2.24) is 10.2 Å². The Morgan fingerprint density at radius 2 is 2.16 bits per heavy atom. The third-order valence-electron chi connectivity index (χ3n) is 3.96. The molecular weight excluding hydrogens is 238 g/mol. The first-order valence-corrected chi connectivity index (χ1v) is 6.85. The van der Waals surface area contributed by atoms with Crippen molar-refractivity contribution in [2.24, 2.45) is 11.8 Å². The Balaban J connectivity index is 1.65. The van der Waals surface area contributed by atoms with Crippen LogP contribution in [0.15, 0.2) is 35.1 Å². The molecule has 1 saturated carbocycles. The molecule has 1 aromatic heterocycles. The summed E-state index contributed by atoms with van der Waals surface area (Å²) >= 11 is 0. The van der Waals surface area contributed by atoms with Crippen LogP contribution in [0.4, 0.5) is 5.69 Å². The van der Waals surface area contributed by atoms with Gasteiger partial charge in [-0.15, -0.1) is 10.2 Å². The fourth-order valence-electron chi connectivity index (χ4n) is 2.60. The molecule has 0 unspecified atom stereocenters. The molecule has 19 heavy (non-hydrogen) atoms. The molecule has 2 aromatic rings. The summed E-state index contributed by atoms with van der Waals surface area (Å²) in [7, 11) is 0. The van der Waals surface area contributed by atoms with Crippen LogP contribution in [0, 0.1) is 11.8 Å². The van der Waals surface area contributed by atoms with E-state index in [-0.39, 0.29) is 0 Å². The third-order valence-corrected chi connectivity index (χ3v) is 3.96. The van der Waals surface area contributed by atoms with Crippen LogP contribution in [0.25, 0.3) is 11.5 Å². The highest BCUT2D eigenvalue weighted by Crippen LogP contribution is 2.35. The van der Waals surface area contributed by atoms with Crippen LogP contribution in [0.1, 0.15) is 26.7 Å². The van der Waals surface area contributed by atoms with Gasteiger partial charge in [-0.05, 0) is 42.9 Å². The van der Waals surface area contributed by atoms with Gasteiger partial charge in [0.1, 0.15) is 0 Å². The molecule has 4 nitrogen and oxygen atoms in total. The number of hydrogen-bond donors (Lipinski definition) is 1. The van der Waals surface area contributed by atoms with Gasteiger partial charge in [0, 0.05) is 17.3 Å². The van der Waals surface area contributed by atoms with Crippen LogP contribution in [0.3, 0.4) is 0 Å². The van der Waals surface area contributed by atoms with E-state index in [0.29, 0.717) is 11.9 Å². The average Bonchev–Trinajstić information content (AvgIpc) is 2.87. The second kappa shape index (κ2) is 5.03. The smallest absolute Gasteiger partial charge is 0.247 e. The topological polar surface area (TPSA) is 51.0 Å². The van der Waals surface area contributed by atoms with Gasteiger partial charge < -0.3 is 9.73 Å². The summed E-state index contributed by atoms with van der Waals surface area (Å²) in [5.41, 5.74) is 2.09. The lowest BCUT2D eigenvalue weighted by Crippen LogP contribution is -2.37. The lowest BCUT2D eigenvalue weighted by molar-refractivity contribution is 0.212. The van der Waals surface area contributed by atoms with Gasteiger partial charge in [-0.25, -0.2) is 0 Å². The number of nitrogens with one attached hydrogen (secondary N) is 1. The zero-order valence-electron chi connectivity index (χ0n) is 11.3. The van der Waals surface area contributed by atoms with E-state index in [2.05, 4.69) is 41.5 Å². The maximum absolute atomic E-state index is 5.22. The van der Waals surface area contributed by atoms with E-state index in [0.717, 1.165) is 23.1 Å². The second-order valence-electron chi connectivity index (χ2n) is 5.64. The Morgan fingerprint density at radius 3 is 2.84 bits per heavy atom. The van der Waals surface area contributed by atoms with Crippen molar-refractivity contribution in [2.75, 3.05) is 5.32 Å². The molecule has 0 amide bonds. The number of benzene rings is 1. The lowest BCUT2D eigenvalue weighted by Gasteiger charge is -2.39. The summed E-state index contributed by atoms with van der Waals surface area (Å²) in [4.78, 5) is 0. The van der Waals surface area contributed by atoms with Crippen LogP contribution in [-0.4, -0.2) is 16.2 Å². The number of aromatic nitrogens is 2. The number of nitrogens with zero attached hydrogens (tertiary/aromatic N) is 2. The highest BCUT2D eigenvalue weighted by atomic mass is 16.4. The Kier molecular flexibility index (Phi) is 3.23. The number of anilines is 1. The van der Waals surface area contributed by atoms with Crippen molar-refractivity contribution in [3.8, 4) is 11.5 Å². The van der Waals surface area contributed by atoms with Crippen molar-refractivity contribution >= 4 is 5.69 Å². The minimum absolute atomic E-state index is 0.567. The molecule has 1 aliphatic carbocycles. The lowest BCUT2D eigenvalue weighted by atomic mass is 9.73. The average molecular weight is 257 g/mol. The van der Waals surface area contributed by atoms with E-state index in [9.17, 15) is 0 Å². The van der Waals surface area contributed by atoms with Gasteiger partial charge >= 0.3 is 0 Å². The molecule has 4 heteroatoms. The Hall–Kier alpha value is -1.84. The van der Waals surface area contributed by atoms with Crippen molar-refractivity contribution in [3.63, 3.8) is 0 Å². The van der Waals surface area contributed by atoms with E-state index in [4.69, 9.17) is 4.42 Å². The SMILES string of the molecule is CC(C)C1CC(Nc2cccc(-c3nnco3)c2)C1. The van der Waals surface area contributed by atoms with Crippen LogP contribution in [0.2, 0.25) is 0 Å². The summed E-state index contributed by atoms with van der Waals surface area (Å²) in [5.74, 6) is 2.23. The van der Waals surface area contributed by atoms with Gasteiger partial charge in [0.05, 0.1) is 0 Å². The molecule has 0 spiro atoms. The monoisotopic (exact) mass is 257 g/mol. The molecule has 1 fully saturated rings. The summed E-state index contributed by atoms with van der Waals surface area (Å²) in [5, 5.41) is 11.2. The van der Waals surface area contributed by atoms with Crippen molar-refractivity contribution < 1.29 is 4.42 Å². The number of rotatable bonds is 4. The van der Waals surface area contributed by atoms with Gasteiger partial charge in [-0.1, -0.05) is 19.9 Å². The van der Waals surface area contributed by atoms with Gasteiger partial charge in [-0.3, -0.25) is 0 Å². The first-order chi connectivity index (χ1) is 9.22. The van der Waals surface area contributed by atoms with Gasteiger partial charge in [0.25, 0.3) is 0 Å². The minimum atomic E-state index is 0.567. The fraction of sp³-hybridized carbons (Fsp3) is 0.467. The van der Waals surface area contributed by atoms with Crippen LogP contribution in [-0.2, 0) is 0 Å². The predicted molar refractivity (Wildman–Crippen MR) is 74.7 cm³/mol. The standard InChI is InChI=1S/C15H19N3O/c1-10(2)12-7-14(8-12)17-13-5-3-4-11(6-13)15-18-16-9-19-15/h3-6,9-10,12,14,17H,7-8H2,1-2H3. The Labute approximate surface area is 113 Å². The van der Waals surface area contributed by atoms with Crippen LogP contribution >= 0.6 is 0 Å². The molecule has 0 radical (unpaired) electrons. The van der Waals surface area contributed by atoms with E-state index < -0.39 is 0 Å². The summed E-state index contributed by atoms with van der Waals surface area (Å²) in [6.07, 6.45) is 3.89. The first-order valence-electron chi connectivity index (χ1n) is 6.85. The van der Waals surface area contributed by atoms with E-state index in [1.54, 1.807) is 0 Å². The number of hydrogen-bond acceptors (Lipinski definition) is 4. The molecule has 0 atom stereocenters. The van der Waals surface area contributed by atoms with E-state index >= 15 is 0 Å². The van der Waals surface area contributed by atoms with Gasteiger partial charge in [-0.2, -0.15) is 0 Å². The molecule has 1 heterocycles. The van der Waals surface area contributed by atoms with Crippen molar-refractivity contribution in [1.29, 1.82) is 0 Å². The predicted octanol–water partition coefficient (Wildman–Crippen LogP) is 3.58. The van der Waals surface area contributed by atoms with E-state index in [1.165, 1.54) is 19.2 Å². The van der Waals surface area contributed by atoms with Crippen LogP contribution < -0.4 is 5.32 Å². The molecule has 1 aromatic carbocycles. The van der Waals surface area contributed by atoms with Crippen molar-refractivity contribution in [3.05, 3.63) is 30.7 Å².